The summed E-state index contributed by atoms with van der Waals surface area (Å²) >= 11 is 12.6. The molecular formula is C19H15Cl2N7. The summed E-state index contributed by atoms with van der Waals surface area (Å²) in [6.07, 6.45) is 8.44. The summed E-state index contributed by atoms with van der Waals surface area (Å²) in [5.41, 5.74) is 3.68. The number of fused-ring (bicyclic) bond motifs is 3. The minimum absolute atomic E-state index is 0.451. The standard InChI is InChI=1S/C19H15Cl2N7/c1-2-7-27-10-11(9-23-27)18-24-17-14(19-22-6-8-28(18)19)16(25-26-17)12-4-3-5-13(20)15(12)21/h3-6,8-10H,2,7H2,1H3,(H,25,26). The Morgan fingerprint density at radius 2 is 2.11 bits per heavy atom. The molecule has 5 rings (SSSR count). The number of hydrogen-bond donors (Lipinski definition) is 1. The average Bonchev–Trinajstić information content (AvgIpc) is 3.42. The van der Waals surface area contributed by atoms with Crippen molar-refractivity contribution in [1.82, 2.24) is 34.3 Å². The van der Waals surface area contributed by atoms with Crippen LogP contribution in [0.15, 0.2) is 43.0 Å². The van der Waals surface area contributed by atoms with Gasteiger partial charge in [0.15, 0.2) is 17.1 Å². The second-order valence-electron chi connectivity index (χ2n) is 6.45. The third kappa shape index (κ3) is 2.58. The smallest absolute Gasteiger partial charge is 0.162 e. The van der Waals surface area contributed by atoms with Gasteiger partial charge in [0, 0.05) is 30.7 Å². The van der Waals surface area contributed by atoms with Gasteiger partial charge in [-0.1, -0.05) is 42.3 Å². The van der Waals surface area contributed by atoms with E-state index >= 15 is 0 Å². The van der Waals surface area contributed by atoms with Crippen molar-refractivity contribution in [3.8, 4) is 22.6 Å². The van der Waals surface area contributed by atoms with E-state index in [1.807, 2.05) is 39.8 Å². The molecule has 1 N–H and O–H groups in total. The van der Waals surface area contributed by atoms with E-state index in [0.29, 0.717) is 21.4 Å². The Kier molecular flexibility index (Phi) is 4.07. The van der Waals surface area contributed by atoms with E-state index in [1.165, 1.54) is 0 Å². The molecule has 4 aromatic heterocycles. The van der Waals surface area contributed by atoms with Crippen LogP contribution in [0.5, 0.6) is 0 Å². The van der Waals surface area contributed by atoms with Crippen LogP contribution in [0.4, 0.5) is 0 Å². The van der Waals surface area contributed by atoms with E-state index in [4.69, 9.17) is 28.2 Å². The lowest BCUT2D eigenvalue weighted by Gasteiger charge is -2.06. The number of rotatable bonds is 4. The maximum absolute atomic E-state index is 6.43. The molecule has 0 saturated carbocycles. The van der Waals surface area contributed by atoms with Crippen molar-refractivity contribution >= 4 is 39.9 Å². The molecule has 9 heteroatoms. The molecule has 0 amide bonds. The van der Waals surface area contributed by atoms with Crippen LogP contribution in [0, 0.1) is 0 Å². The molecule has 140 valence electrons. The van der Waals surface area contributed by atoms with Crippen molar-refractivity contribution in [2.75, 3.05) is 0 Å². The number of aromatic nitrogens is 7. The van der Waals surface area contributed by atoms with Crippen LogP contribution in [0.2, 0.25) is 10.0 Å². The minimum atomic E-state index is 0.451. The molecule has 0 bridgehead atoms. The first-order valence-electron chi connectivity index (χ1n) is 8.85. The highest BCUT2D eigenvalue weighted by Gasteiger charge is 2.20. The molecule has 5 aromatic rings. The van der Waals surface area contributed by atoms with Crippen LogP contribution in [0.3, 0.4) is 0 Å². The molecule has 0 atom stereocenters. The second kappa shape index (κ2) is 6.61. The highest BCUT2D eigenvalue weighted by Crippen LogP contribution is 2.37. The normalized spacial score (nSPS) is 11.7. The van der Waals surface area contributed by atoms with Crippen LogP contribution in [-0.4, -0.2) is 34.3 Å². The lowest BCUT2D eigenvalue weighted by atomic mass is 10.1. The maximum atomic E-state index is 6.43. The zero-order valence-corrected chi connectivity index (χ0v) is 16.4. The Labute approximate surface area is 169 Å². The van der Waals surface area contributed by atoms with Gasteiger partial charge in [0.1, 0.15) is 5.69 Å². The third-order valence-electron chi connectivity index (χ3n) is 4.61. The Hall–Kier alpha value is -2.90. The highest BCUT2D eigenvalue weighted by atomic mass is 35.5. The summed E-state index contributed by atoms with van der Waals surface area (Å²) in [7, 11) is 0. The van der Waals surface area contributed by atoms with Gasteiger partial charge in [-0.15, -0.1) is 0 Å². The second-order valence-corrected chi connectivity index (χ2v) is 7.23. The zero-order valence-electron chi connectivity index (χ0n) is 14.9. The van der Waals surface area contributed by atoms with Gasteiger partial charge in [0.25, 0.3) is 0 Å². The molecule has 0 aliphatic rings. The molecule has 0 radical (unpaired) electrons. The monoisotopic (exact) mass is 411 g/mol. The van der Waals surface area contributed by atoms with Crippen molar-refractivity contribution in [2.45, 2.75) is 19.9 Å². The number of aryl methyl sites for hydroxylation is 1. The van der Waals surface area contributed by atoms with Gasteiger partial charge in [0.05, 0.1) is 27.2 Å². The number of hydrogen-bond acceptors (Lipinski definition) is 4. The molecule has 0 aliphatic heterocycles. The fraction of sp³-hybridized carbons (Fsp3) is 0.158. The topological polar surface area (TPSA) is 76.7 Å². The summed E-state index contributed by atoms with van der Waals surface area (Å²) in [5, 5.41) is 13.6. The Bertz CT molecular complexity index is 1310. The average molecular weight is 412 g/mol. The first-order valence-corrected chi connectivity index (χ1v) is 9.61. The third-order valence-corrected chi connectivity index (χ3v) is 5.43. The quantitative estimate of drug-likeness (QED) is 0.458. The number of imidazole rings is 1. The van der Waals surface area contributed by atoms with E-state index in [1.54, 1.807) is 12.3 Å². The van der Waals surface area contributed by atoms with Gasteiger partial charge in [-0.2, -0.15) is 10.2 Å². The van der Waals surface area contributed by atoms with E-state index in [2.05, 4.69) is 27.2 Å². The SMILES string of the molecule is CCCn1cc(-c2nc3[nH]nc(-c4cccc(Cl)c4Cl)c3c3nccn23)cn1. The van der Waals surface area contributed by atoms with E-state index in [9.17, 15) is 0 Å². The predicted octanol–water partition coefficient (Wildman–Crippen LogP) is 4.85. The molecule has 0 spiro atoms. The summed E-state index contributed by atoms with van der Waals surface area (Å²) in [6, 6.07) is 5.47. The number of nitrogens with zero attached hydrogens (tertiary/aromatic N) is 6. The van der Waals surface area contributed by atoms with Crippen molar-refractivity contribution < 1.29 is 0 Å². The summed E-state index contributed by atoms with van der Waals surface area (Å²) in [6.45, 7) is 2.98. The molecular weight excluding hydrogens is 397 g/mol. The van der Waals surface area contributed by atoms with Gasteiger partial charge < -0.3 is 0 Å². The number of aromatic amines is 1. The van der Waals surface area contributed by atoms with Crippen LogP contribution in [0.1, 0.15) is 13.3 Å². The molecule has 0 aliphatic carbocycles. The maximum Gasteiger partial charge on any atom is 0.162 e. The molecule has 1 aromatic carbocycles. The minimum Gasteiger partial charge on any atom is -0.283 e. The van der Waals surface area contributed by atoms with Gasteiger partial charge >= 0.3 is 0 Å². The van der Waals surface area contributed by atoms with Crippen molar-refractivity contribution in [3.63, 3.8) is 0 Å². The number of nitrogens with one attached hydrogen (secondary N) is 1. The van der Waals surface area contributed by atoms with Gasteiger partial charge in [-0.05, 0) is 12.5 Å². The molecule has 0 saturated heterocycles. The zero-order chi connectivity index (χ0) is 19.3. The van der Waals surface area contributed by atoms with Gasteiger partial charge in [0.2, 0.25) is 0 Å². The summed E-state index contributed by atoms with van der Waals surface area (Å²) in [4.78, 5) is 9.34. The lowest BCUT2D eigenvalue weighted by molar-refractivity contribution is 0.603. The first kappa shape index (κ1) is 17.2. The number of benzene rings is 1. The fourth-order valence-corrected chi connectivity index (χ4v) is 3.75. The molecule has 4 heterocycles. The molecule has 0 unspecified atom stereocenters. The van der Waals surface area contributed by atoms with Gasteiger partial charge in [-0.25, -0.2) is 9.97 Å². The predicted molar refractivity (Wildman–Crippen MR) is 110 cm³/mol. The van der Waals surface area contributed by atoms with Crippen LogP contribution >= 0.6 is 23.2 Å². The Morgan fingerprint density at radius 1 is 1.21 bits per heavy atom. The van der Waals surface area contributed by atoms with Crippen LogP contribution in [0.25, 0.3) is 39.3 Å². The Morgan fingerprint density at radius 3 is 2.96 bits per heavy atom. The van der Waals surface area contributed by atoms with Crippen LogP contribution < -0.4 is 0 Å². The fourth-order valence-electron chi connectivity index (χ4n) is 3.36. The van der Waals surface area contributed by atoms with Crippen molar-refractivity contribution in [2.24, 2.45) is 0 Å². The van der Waals surface area contributed by atoms with Crippen molar-refractivity contribution in [1.29, 1.82) is 0 Å². The van der Waals surface area contributed by atoms with E-state index in [0.717, 1.165) is 41.0 Å². The number of halogens is 2. The molecule has 28 heavy (non-hydrogen) atoms. The largest absolute Gasteiger partial charge is 0.283 e. The number of H-pyrrole nitrogens is 1. The van der Waals surface area contributed by atoms with Gasteiger partial charge in [-0.3, -0.25) is 14.2 Å². The van der Waals surface area contributed by atoms with Crippen molar-refractivity contribution in [3.05, 3.63) is 53.0 Å². The molecule has 7 nitrogen and oxygen atoms in total. The lowest BCUT2D eigenvalue weighted by Crippen LogP contribution is -1.97. The van der Waals surface area contributed by atoms with E-state index in [-0.39, 0.29) is 0 Å². The molecule has 0 fully saturated rings. The summed E-state index contributed by atoms with van der Waals surface area (Å²) < 4.78 is 3.85. The van der Waals surface area contributed by atoms with Crippen LogP contribution in [-0.2, 0) is 6.54 Å². The Balaban J connectivity index is 1.76. The van der Waals surface area contributed by atoms with E-state index < -0.39 is 0 Å². The summed E-state index contributed by atoms with van der Waals surface area (Å²) in [5.74, 6) is 0.745. The highest BCUT2D eigenvalue weighted by molar-refractivity contribution is 6.43. The first-order chi connectivity index (χ1) is 13.7.